The van der Waals surface area contributed by atoms with Crippen molar-refractivity contribution in [1.29, 1.82) is 0 Å². The van der Waals surface area contributed by atoms with Crippen LogP contribution in [0, 0.1) is 41.5 Å². The fourth-order valence-corrected chi connectivity index (χ4v) is 15.0. The highest BCUT2D eigenvalue weighted by Crippen LogP contribution is 2.61. The molecule has 2 nitrogen and oxygen atoms in total. The molecule has 0 bridgehead atoms. The zero-order valence-electron chi connectivity index (χ0n) is 44.3. The first-order chi connectivity index (χ1) is 34.9. The SMILES string of the molecule is Cc1ccc2c(c1)c1cc(C)ccc1n2-c1cc2c(c3ccccc13)-c1cc3c(cc1C2(C)C)-c1cc2c(cc1C3(C)C)-c1c(cc(-n3c4cc(C)cc(C)c4c4c(C)cc(C)cc43)c3ccccc13)C2(C)C. The maximum atomic E-state index is 2.62. The number of benzene rings is 10. The summed E-state index contributed by atoms with van der Waals surface area (Å²) in [6.45, 7) is 28.3. The van der Waals surface area contributed by atoms with E-state index >= 15 is 0 Å². The molecule has 73 heavy (non-hydrogen) atoms. The third-order valence-electron chi connectivity index (χ3n) is 18.4. The summed E-state index contributed by atoms with van der Waals surface area (Å²) in [5, 5.41) is 10.6. The van der Waals surface area contributed by atoms with Gasteiger partial charge in [-0.1, -0.05) is 125 Å². The molecule has 0 aliphatic heterocycles. The topological polar surface area (TPSA) is 9.86 Å². The van der Waals surface area contributed by atoms with Crippen molar-refractivity contribution in [3.8, 4) is 44.8 Å². The molecule has 0 radical (unpaired) electrons. The quantitative estimate of drug-likeness (QED) is 0.163. The molecule has 2 heterocycles. The lowest BCUT2D eigenvalue weighted by Gasteiger charge is -2.25. The van der Waals surface area contributed by atoms with Crippen LogP contribution in [0.1, 0.15) is 108 Å². The van der Waals surface area contributed by atoms with E-state index in [9.17, 15) is 0 Å². The van der Waals surface area contributed by atoms with Gasteiger partial charge in [-0.15, -0.1) is 0 Å². The fourth-order valence-electron chi connectivity index (χ4n) is 15.0. The molecular weight excluding hydrogens is 881 g/mol. The first kappa shape index (κ1) is 43.0. The molecule has 2 aromatic heterocycles. The Morgan fingerprint density at radius 3 is 1.07 bits per heavy atom. The Hall–Kier alpha value is -7.68. The highest BCUT2D eigenvalue weighted by atomic mass is 15.0. The third-order valence-corrected chi connectivity index (χ3v) is 18.4. The van der Waals surface area contributed by atoms with E-state index in [4.69, 9.17) is 0 Å². The van der Waals surface area contributed by atoms with Crippen LogP contribution in [0.3, 0.4) is 0 Å². The fraction of sp³-hybridized carbons (Fsp3) is 0.211. The molecule has 3 aliphatic rings. The molecule has 0 atom stereocenters. The Bertz CT molecular complexity index is 4450. The molecule has 0 unspecified atom stereocenters. The van der Waals surface area contributed by atoms with Gasteiger partial charge >= 0.3 is 0 Å². The molecule has 10 aromatic carbocycles. The van der Waals surface area contributed by atoms with Gasteiger partial charge in [-0.25, -0.2) is 0 Å². The summed E-state index contributed by atoms with van der Waals surface area (Å²) in [4.78, 5) is 0. The van der Waals surface area contributed by atoms with Gasteiger partial charge in [0.25, 0.3) is 0 Å². The summed E-state index contributed by atoms with van der Waals surface area (Å²) in [6, 6.07) is 57.5. The number of nitrogens with zero attached hydrogens (tertiary/aromatic N) is 2. The average Bonchev–Trinajstić information content (AvgIpc) is 4.05. The molecule has 0 saturated carbocycles. The Balaban J connectivity index is 0.930. The predicted molar refractivity (Wildman–Crippen MR) is 311 cm³/mol. The number of aryl methyl sites for hydroxylation is 6. The van der Waals surface area contributed by atoms with Gasteiger partial charge in [-0.05, 0) is 214 Å². The predicted octanol–water partition coefficient (Wildman–Crippen LogP) is 19.0. The molecule has 15 rings (SSSR count). The van der Waals surface area contributed by atoms with Crippen molar-refractivity contribution in [1.82, 2.24) is 9.13 Å². The number of hydrogen-bond acceptors (Lipinski definition) is 0. The molecule has 0 fully saturated rings. The highest BCUT2D eigenvalue weighted by molar-refractivity contribution is 6.16. The highest BCUT2D eigenvalue weighted by Gasteiger charge is 2.46. The standard InChI is InChI=1S/C71H60N2/c1-37-21-23-59-49(27-37)50-28-38(2)22-24-60(50)72(59)61-35-57-67(45-19-15-13-17-43(45)61)51-33-53-47(31-55(51)70(57,9)10)48-32-56-52(34-54(48)69(53,7)8)68-46-20-16-14-18-44(46)62(36-58(68)71(56,11)12)73-63-29-39(3)25-41(5)65(63)66-42(6)26-40(4)30-64(66)73/h13-36H,1-12H3. The van der Waals surface area contributed by atoms with Gasteiger partial charge in [0.1, 0.15) is 0 Å². The van der Waals surface area contributed by atoms with Crippen molar-refractivity contribution in [2.24, 2.45) is 0 Å². The summed E-state index contributed by atoms with van der Waals surface area (Å²) in [5.74, 6) is 0. The molecule has 0 saturated heterocycles. The minimum atomic E-state index is -0.243. The summed E-state index contributed by atoms with van der Waals surface area (Å²) in [5.41, 5.74) is 31.6. The number of fused-ring (bicyclic) bond motifs is 19. The first-order valence-corrected chi connectivity index (χ1v) is 26.5. The van der Waals surface area contributed by atoms with Gasteiger partial charge in [0.05, 0.1) is 33.4 Å². The Kier molecular flexibility index (Phi) is 8.17. The lowest BCUT2D eigenvalue weighted by atomic mass is 9.78. The largest absolute Gasteiger partial charge is 0.309 e. The van der Waals surface area contributed by atoms with E-state index in [-0.39, 0.29) is 16.2 Å². The molecule has 0 amide bonds. The minimum Gasteiger partial charge on any atom is -0.309 e. The number of aromatic nitrogens is 2. The second kappa shape index (κ2) is 13.9. The monoisotopic (exact) mass is 940 g/mol. The normalized spacial score (nSPS) is 15.5. The summed E-state index contributed by atoms with van der Waals surface area (Å²) < 4.78 is 5.15. The van der Waals surface area contributed by atoms with E-state index in [0.717, 1.165) is 0 Å². The molecule has 12 aromatic rings. The Morgan fingerprint density at radius 1 is 0.288 bits per heavy atom. The van der Waals surface area contributed by atoms with E-state index in [2.05, 4.69) is 238 Å². The molecule has 0 N–H and O–H groups in total. The maximum absolute atomic E-state index is 2.62. The number of rotatable bonds is 2. The van der Waals surface area contributed by atoms with Crippen LogP contribution in [-0.4, -0.2) is 9.13 Å². The van der Waals surface area contributed by atoms with Crippen LogP contribution in [0.15, 0.2) is 146 Å². The lowest BCUT2D eigenvalue weighted by molar-refractivity contribution is 0.649. The van der Waals surface area contributed by atoms with Gasteiger partial charge in [0.2, 0.25) is 0 Å². The zero-order valence-corrected chi connectivity index (χ0v) is 44.3. The van der Waals surface area contributed by atoms with Crippen LogP contribution >= 0.6 is 0 Å². The third kappa shape index (κ3) is 5.34. The van der Waals surface area contributed by atoms with Gasteiger partial charge in [0, 0.05) is 48.6 Å². The van der Waals surface area contributed by atoms with Gasteiger partial charge in [-0.3, -0.25) is 0 Å². The van der Waals surface area contributed by atoms with E-state index in [1.54, 1.807) is 0 Å². The second-order valence-electron chi connectivity index (χ2n) is 24.2. The number of hydrogen-bond donors (Lipinski definition) is 0. The van der Waals surface area contributed by atoms with Gasteiger partial charge < -0.3 is 9.13 Å². The van der Waals surface area contributed by atoms with Crippen molar-refractivity contribution in [2.45, 2.75) is 99.3 Å². The van der Waals surface area contributed by atoms with Crippen LogP contribution in [0.5, 0.6) is 0 Å². The summed E-state index contributed by atoms with van der Waals surface area (Å²) in [7, 11) is 0. The van der Waals surface area contributed by atoms with Crippen LogP contribution in [-0.2, 0) is 16.2 Å². The van der Waals surface area contributed by atoms with Crippen LogP contribution < -0.4 is 0 Å². The molecule has 3 aliphatic carbocycles. The van der Waals surface area contributed by atoms with Crippen LogP contribution in [0.2, 0.25) is 0 Å². The maximum Gasteiger partial charge on any atom is 0.0546 e. The molecule has 2 heteroatoms. The second-order valence-corrected chi connectivity index (χ2v) is 24.2. The van der Waals surface area contributed by atoms with E-state index in [0.29, 0.717) is 0 Å². The van der Waals surface area contributed by atoms with Crippen LogP contribution in [0.4, 0.5) is 0 Å². The smallest absolute Gasteiger partial charge is 0.0546 e. The zero-order chi connectivity index (χ0) is 50.1. The first-order valence-electron chi connectivity index (χ1n) is 26.5. The molecule has 0 spiro atoms. The van der Waals surface area contributed by atoms with Crippen molar-refractivity contribution in [3.63, 3.8) is 0 Å². The van der Waals surface area contributed by atoms with E-state index in [1.165, 1.54) is 177 Å². The van der Waals surface area contributed by atoms with E-state index < -0.39 is 0 Å². The van der Waals surface area contributed by atoms with Crippen molar-refractivity contribution >= 4 is 65.2 Å². The Labute approximate surface area is 428 Å². The van der Waals surface area contributed by atoms with Gasteiger partial charge in [-0.2, -0.15) is 0 Å². The van der Waals surface area contributed by atoms with E-state index in [1.807, 2.05) is 0 Å². The van der Waals surface area contributed by atoms with Crippen molar-refractivity contribution in [2.75, 3.05) is 0 Å². The van der Waals surface area contributed by atoms with Crippen LogP contribution in [0.25, 0.3) is 110 Å². The Morgan fingerprint density at radius 2 is 0.644 bits per heavy atom. The molecular formula is C71H60N2. The van der Waals surface area contributed by atoms with Crippen molar-refractivity contribution in [3.05, 3.63) is 212 Å². The molecule has 354 valence electrons. The van der Waals surface area contributed by atoms with Crippen molar-refractivity contribution < 1.29 is 0 Å². The average molecular weight is 941 g/mol. The van der Waals surface area contributed by atoms with Gasteiger partial charge in [0.15, 0.2) is 0 Å². The summed E-state index contributed by atoms with van der Waals surface area (Å²) >= 11 is 0. The lowest BCUT2D eigenvalue weighted by Crippen LogP contribution is -2.17. The summed E-state index contributed by atoms with van der Waals surface area (Å²) in [6.07, 6.45) is 0. The minimum absolute atomic E-state index is 0.215.